The zero-order valence-electron chi connectivity index (χ0n) is 9.15. The highest BCUT2D eigenvalue weighted by Gasteiger charge is 2.13. The van der Waals surface area contributed by atoms with E-state index in [-0.39, 0.29) is 6.04 Å². The van der Waals surface area contributed by atoms with E-state index in [1.807, 2.05) is 6.92 Å². The number of nitrogens with zero attached hydrogens (tertiary/aromatic N) is 2. The van der Waals surface area contributed by atoms with Crippen molar-refractivity contribution in [1.29, 1.82) is 0 Å². The van der Waals surface area contributed by atoms with E-state index < -0.39 is 11.6 Å². The second-order valence-corrected chi connectivity index (χ2v) is 4.63. The van der Waals surface area contributed by atoms with Gasteiger partial charge in [-0.1, -0.05) is 18.3 Å². The number of benzene rings is 1. The van der Waals surface area contributed by atoms with Crippen LogP contribution in [0.15, 0.2) is 18.2 Å². The number of aromatic nitrogens is 2. The molecule has 1 unspecified atom stereocenters. The van der Waals surface area contributed by atoms with E-state index in [9.17, 15) is 8.78 Å². The first-order valence-corrected chi connectivity index (χ1v) is 5.97. The van der Waals surface area contributed by atoms with Crippen LogP contribution in [0.3, 0.4) is 0 Å². The lowest BCUT2D eigenvalue weighted by Gasteiger charge is -2.00. The Labute approximate surface area is 101 Å². The van der Waals surface area contributed by atoms with Crippen LogP contribution in [0.4, 0.5) is 8.78 Å². The van der Waals surface area contributed by atoms with Crippen LogP contribution < -0.4 is 5.73 Å². The Kier molecular flexibility index (Phi) is 3.44. The van der Waals surface area contributed by atoms with E-state index in [0.717, 1.165) is 12.5 Å². The fraction of sp³-hybridized carbons (Fsp3) is 0.273. The fourth-order valence-corrected chi connectivity index (χ4v) is 2.27. The van der Waals surface area contributed by atoms with Gasteiger partial charge in [-0.25, -0.2) is 8.78 Å². The lowest BCUT2D eigenvalue weighted by molar-refractivity contribution is 0.584. The molecule has 6 heteroatoms. The van der Waals surface area contributed by atoms with Crippen molar-refractivity contribution >= 4 is 11.3 Å². The van der Waals surface area contributed by atoms with E-state index in [1.165, 1.54) is 23.5 Å². The zero-order chi connectivity index (χ0) is 12.4. The van der Waals surface area contributed by atoms with Gasteiger partial charge in [0.05, 0.1) is 6.04 Å². The molecule has 0 aliphatic rings. The van der Waals surface area contributed by atoms with Gasteiger partial charge in [-0.15, -0.1) is 10.2 Å². The average molecular weight is 255 g/mol. The highest BCUT2D eigenvalue weighted by Crippen LogP contribution is 2.27. The molecular weight excluding hydrogens is 244 g/mol. The van der Waals surface area contributed by atoms with Crippen LogP contribution in [-0.4, -0.2) is 10.2 Å². The van der Waals surface area contributed by atoms with Gasteiger partial charge in [0.1, 0.15) is 21.6 Å². The molecule has 0 spiro atoms. The highest BCUT2D eigenvalue weighted by molar-refractivity contribution is 7.14. The van der Waals surface area contributed by atoms with Crippen molar-refractivity contribution in [3.05, 3.63) is 34.8 Å². The highest BCUT2D eigenvalue weighted by atomic mass is 32.1. The maximum absolute atomic E-state index is 13.0. The first-order valence-electron chi connectivity index (χ1n) is 5.15. The molecule has 0 saturated heterocycles. The Morgan fingerprint density at radius 3 is 2.47 bits per heavy atom. The third kappa shape index (κ3) is 2.65. The van der Waals surface area contributed by atoms with Gasteiger partial charge in [-0.2, -0.15) is 0 Å². The maximum Gasteiger partial charge on any atom is 0.148 e. The Morgan fingerprint density at radius 2 is 1.88 bits per heavy atom. The predicted molar refractivity (Wildman–Crippen MR) is 62.5 cm³/mol. The summed E-state index contributed by atoms with van der Waals surface area (Å²) in [7, 11) is 0. The van der Waals surface area contributed by atoms with Crippen LogP contribution in [-0.2, 0) is 0 Å². The van der Waals surface area contributed by atoms with Crippen molar-refractivity contribution in [2.45, 2.75) is 19.4 Å². The van der Waals surface area contributed by atoms with Crippen molar-refractivity contribution < 1.29 is 8.78 Å². The minimum atomic E-state index is -0.628. The van der Waals surface area contributed by atoms with Gasteiger partial charge in [0.2, 0.25) is 0 Å². The molecule has 2 rings (SSSR count). The molecule has 2 aromatic rings. The van der Waals surface area contributed by atoms with Crippen molar-refractivity contribution in [1.82, 2.24) is 10.2 Å². The van der Waals surface area contributed by atoms with Crippen molar-refractivity contribution in [2.75, 3.05) is 0 Å². The van der Waals surface area contributed by atoms with Gasteiger partial charge in [-0.05, 0) is 18.6 Å². The van der Waals surface area contributed by atoms with Crippen LogP contribution >= 0.6 is 11.3 Å². The molecule has 1 aromatic heterocycles. The standard InChI is InChI=1S/C11H11F2N3S/c1-2-9(14)11-16-15-10(17-11)6-3-7(12)5-8(13)4-6/h3-5,9H,2,14H2,1H3. The van der Waals surface area contributed by atoms with Crippen LogP contribution in [0, 0.1) is 11.6 Å². The Balaban J connectivity index is 2.36. The molecule has 0 bridgehead atoms. The van der Waals surface area contributed by atoms with Crippen LogP contribution in [0.5, 0.6) is 0 Å². The largest absolute Gasteiger partial charge is 0.322 e. The number of nitrogens with two attached hydrogens (primary N) is 1. The first kappa shape index (κ1) is 12.1. The molecule has 90 valence electrons. The molecule has 0 radical (unpaired) electrons. The second-order valence-electron chi connectivity index (χ2n) is 3.62. The number of halogens is 2. The van der Waals surface area contributed by atoms with Gasteiger partial charge in [0.25, 0.3) is 0 Å². The molecule has 0 aliphatic heterocycles. The van der Waals surface area contributed by atoms with Crippen molar-refractivity contribution in [3.8, 4) is 10.6 Å². The normalized spacial score (nSPS) is 12.7. The lowest BCUT2D eigenvalue weighted by atomic mass is 10.2. The first-order chi connectivity index (χ1) is 8.10. The predicted octanol–water partition coefficient (Wildman–Crippen LogP) is 2.89. The van der Waals surface area contributed by atoms with E-state index in [1.54, 1.807) is 0 Å². The van der Waals surface area contributed by atoms with Crippen LogP contribution in [0.1, 0.15) is 24.4 Å². The number of hydrogen-bond donors (Lipinski definition) is 1. The van der Waals surface area contributed by atoms with E-state index >= 15 is 0 Å². The Bertz CT molecular complexity index is 507. The van der Waals surface area contributed by atoms with Gasteiger partial charge in [0, 0.05) is 11.6 Å². The molecule has 1 atom stereocenters. The van der Waals surface area contributed by atoms with Gasteiger partial charge >= 0.3 is 0 Å². The summed E-state index contributed by atoms with van der Waals surface area (Å²) in [6, 6.07) is 3.10. The summed E-state index contributed by atoms with van der Waals surface area (Å²) in [6.07, 6.45) is 0.742. The molecule has 0 fully saturated rings. The molecule has 0 aliphatic carbocycles. The Morgan fingerprint density at radius 1 is 1.24 bits per heavy atom. The minimum Gasteiger partial charge on any atom is -0.322 e. The minimum absolute atomic E-state index is 0.181. The fourth-order valence-electron chi connectivity index (χ4n) is 1.35. The molecule has 2 N–H and O–H groups in total. The maximum atomic E-state index is 13.0. The molecule has 0 amide bonds. The molecular formula is C11H11F2N3S. The number of rotatable bonds is 3. The summed E-state index contributed by atoms with van der Waals surface area (Å²) in [4.78, 5) is 0. The average Bonchev–Trinajstić information content (AvgIpc) is 2.76. The van der Waals surface area contributed by atoms with E-state index in [2.05, 4.69) is 10.2 Å². The van der Waals surface area contributed by atoms with Gasteiger partial charge in [0.15, 0.2) is 0 Å². The Hall–Kier alpha value is -1.40. The van der Waals surface area contributed by atoms with Crippen molar-refractivity contribution in [3.63, 3.8) is 0 Å². The smallest absolute Gasteiger partial charge is 0.148 e. The van der Waals surface area contributed by atoms with Crippen LogP contribution in [0.2, 0.25) is 0 Å². The topological polar surface area (TPSA) is 51.8 Å². The SMILES string of the molecule is CCC(N)c1nnc(-c2cc(F)cc(F)c2)s1. The summed E-state index contributed by atoms with van der Waals surface area (Å²) in [6.45, 7) is 1.94. The third-order valence-corrected chi connectivity index (χ3v) is 3.41. The molecule has 0 saturated carbocycles. The summed E-state index contributed by atoms with van der Waals surface area (Å²) in [5, 5.41) is 8.96. The zero-order valence-corrected chi connectivity index (χ0v) is 9.97. The molecule has 17 heavy (non-hydrogen) atoms. The van der Waals surface area contributed by atoms with E-state index in [4.69, 9.17) is 5.73 Å². The van der Waals surface area contributed by atoms with Crippen LogP contribution in [0.25, 0.3) is 10.6 Å². The molecule has 1 heterocycles. The quantitative estimate of drug-likeness (QED) is 0.917. The number of hydrogen-bond acceptors (Lipinski definition) is 4. The van der Waals surface area contributed by atoms with Gasteiger partial charge in [-0.3, -0.25) is 0 Å². The van der Waals surface area contributed by atoms with Crippen molar-refractivity contribution in [2.24, 2.45) is 5.73 Å². The molecule has 3 nitrogen and oxygen atoms in total. The summed E-state index contributed by atoms with van der Waals surface area (Å²) >= 11 is 1.26. The summed E-state index contributed by atoms with van der Waals surface area (Å²) in [5.41, 5.74) is 6.19. The van der Waals surface area contributed by atoms with Gasteiger partial charge < -0.3 is 5.73 Å². The lowest BCUT2D eigenvalue weighted by Crippen LogP contribution is -2.07. The monoisotopic (exact) mass is 255 g/mol. The molecule has 1 aromatic carbocycles. The second kappa shape index (κ2) is 4.85. The van der Waals surface area contributed by atoms with E-state index in [0.29, 0.717) is 15.6 Å². The third-order valence-electron chi connectivity index (χ3n) is 2.31. The summed E-state index contributed by atoms with van der Waals surface area (Å²) in [5.74, 6) is -1.26. The summed E-state index contributed by atoms with van der Waals surface area (Å²) < 4.78 is 26.1.